The van der Waals surface area contributed by atoms with Gasteiger partial charge >= 0.3 is 5.97 Å². The first-order valence-corrected chi connectivity index (χ1v) is 15.2. The lowest BCUT2D eigenvalue weighted by Crippen LogP contribution is -2.55. The molecule has 190 valence electrons. The summed E-state index contributed by atoms with van der Waals surface area (Å²) in [5, 5.41) is 0.990. The summed E-state index contributed by atoms with van der Waals surface area (Å²) in [7, 11) is -2.15. The summed E-state index contributed by atoms with van der Waals surface area (Å²) in [6.45, 7) is 14.6. The molecule has 0 bridgehead atoms. The van der Waals surface area contributed by atoms with Crippen LogP contribution in [0, 0.1) is 0 Å². The second-order valence-electron chi connectivity index (χ2n) is 10.6. The van der Waals surface area contributed by atoms with Gasteiger partial charge in [-0.1, -0.05) is 45.0 Å². The number of rotatable bonds is 8. The number of para-hydroxylation sites is 1. The van der Waals surface area contributed by atoms with Gasteiger partial charge in [0.2, 0.25) is 5.91 Å². The third-order valence-electron chi connectivity index (χ3n) is 7.42. The number of benzene rings is 1. The van der Waals surface area contributed by atoms with Crippen molar-refractivity contribution in [1.29, 1.82) is 0 Å². The topological polar surface area (TPSA) is 88.7 Å². The van der Waals surface area contributed by atoms with Gasteiger partial charge in [-0.15, -0.1) is 0 Å². The molecule has 2 aromatic rings. The molecule has 1 aromatic carbocycles. The standard InChI is InChI=1S/C27H38N2O5Si/c1-8-33-26(32)25-24-23(19-13-9-10-15-21(19)28-24)20(14-11-12-16-30)22(29(25)18(2)31)17-34-35(6,7)27(3,4)5/h9-13,15-16,20,22,25,28H,8,14,17H2,1-7H3/b12-11+/t20-,22-,25-/m1/s1. The summed E-state index contributed by atoms with van der Waals surface area (Å²) in [5.74, 6) is -0.855. The van der Waals surface area contributed by atoms with E-state index in [0.717, 1.165) is 22.8 Å². The van der Waals surface area contributed by atoms with Crippen LogP contribution in [0.2, 0.25) is 18.1 Å². The molecule has 0 spiro atoms. The Morgan fingerprint density at radius 1 is 1.20 bits per heavy atom. The van der Waals surface area contributed by atoms with Crippen molar-refractivity contribution in [2.24, 2.45) is 0 Å². The van der Waals surface area contributed by atoms with Crippen molar-refractivity contribution >= 4 is 37.4 Å². The molecule has 3 rings (SSSR count). The molecular weight excluding hydrogens is 460 g/mol. The van der Waals surface area contributed by atoms with E-state index in [1.807, 2.05) is 30.3 Å². The van der Waals surface area contributed by atoms with E-state index in [1.54, 1.807) is 11.8 Å². The molecule has 1 N–H and O–H groups in total. The number of fused-ring (bicyclic) bond motifs is 3. The van der Waals surface area contributed by atoms with E-state index in [2.05, 4.69) is 38.8 Å². The first-order chi connectivity index (χ1) is 16.4. The number of carbonyl (C=O) groups is 3. The molecule has 8 heteroatoms. The van der Waals surface area contributed by atoms with Crippen LogP contribution in [0.4, 0.5) is 0 Å². The Morgan fingerprint density at radius 3 is 2.49 bits per heavy atom. The van der Waals surface area contributed by atoms with Crippen molar-refractivity contribution in [3.8, 4) is 0 Å². The molecule has 35 heavy (non-hydrogen) atoms. The van der Waals surface area contributed by atoms with Gasteiger partial charge in [0, 0.05) is 23.7 Å². The molecule has 0 saturated carbocycles. The Balaban J connectivity index is 2.22. The predicted octanol–water partition coefficient (Wildman–Crippen LogP) is 5.25. The van der Waals surface area contributed by atoms with Crippen molar-refractivity contribution in [2.45, 2.75) is 77.2 Å². The van der Waals surface area contributed by atoms with Crippen LogP contribution in [0.25, 0.3) is 10.9 Å². The van der Waals surface area contributed by atoms with Gasteiger partial charge in [0.05, 0.1) is 24.9 Å². The van der Waals surface area contributed by atoms with E-state index in [-0.39, 0.29) is 23.5 Å². The molecule has 0 radical (unpaired) electrons. The summed E-state index contributed by atoms with van der Waals surface area (Å²) in [5.41, 5.74) is 2.55. The van der Waals surface area contributed by atoms with Crippen LogP contribution in [-0.2, 0) is 23.5 Å². The molecular formula is C27H38N2O5Si. The molecule has 1 aliphatic heterocycles. The number of nitrogens with one attached hydrogen (secondary N) is 1. The first kappa shape index (κ1) is 26.9. The van der Waals surface area contributed by atoms with Crippen LogP contribution in [0.5, 0.6) is 0 Å². The summed E-state index contributed by atoms with van der Waals surface area (Å²) < 4.78 is 12.1. The van der Waals surface area contributed by atoms with Gasteiger partial charge in [0.1, 0.15) is 6.29 Å². The second kappa shape index (κ2) is 10.5. The summed E-state index contributed by atoms with van der Waals surface area (Å²) >= 11 is 0. The van der Waals surface area contributed by atoms with Crippen LogP contribution >= 0.6 is 0 Å². The number of hydrogen-bond donors (Lipinski definition) is 1. The third kappa shape index (κ3) is 5.28. The van der Waals surface area contributed by atoms with E-state index in [0.29, 0.717) is 18.7 Å². The van der Waals surface area contributed by atoms with E-state index < -0.39 is 26.4 Å². The fourth-order valence-corrected chi connectivity index (χ4v) is 5.67. The normalized spacial score (nSPS) is 20.8. The largest absolute Gasteiger partial charge is 0.464 e. The number of aromatic amines is 1. The fourth-order valence-electron chi connectivity index (χ4n) is 4.65. The van der Waals surface area contributed by atoms with Crippen molar-refractivity contribution in [3.05, 3.63) is 47.7 Å². The van der Waals surface area contributed by atoms with E-state index in [4.69, 9.17) is 9.16 Å². The van der Waals surface area contributed by atoms with Crippen LogP contribution in [-0.4, -0.2) is 55.6 Å². The van der Waals surface area contributed by atoms with Gasteiger partial charge in [-0.2, -0.15) is 0 Å². The Morgan fingerprint density at radius 2 is 1.89 bits per heavy atom. The first-order valence-electron chi connectivity index (χ1n) is 12.2. The number of hydrogen-bond acceptors (Lipinski definition) is 5. The molecule has 7 nitrogen and oxygen atoms in total. The van der Waals surface area contributed by atoms with Crippen LogP contribution < -0.4 is 0 Å². The lowest BCUT2D eigenvalue weighted by molar-refractivity contribution is -0.159. The molecule has 2 heterocycles. The Hall–Kier alpha value is -2.71. The van der Waals surface area contributed by atoms with Crippen molar-refractivity contribution in [3.63, 3.8) is 0 Å². The van der Waals surface area contributed by atoms with E-state index in [9.17, 15) is 14.4 Å². The maximum absolute atomic E-state index is 13.3. The maximum Gasteiger partial charge on any atom is 0.335 e. The third-order valence-corrected chi connectivity index (χ3v) is 11.9. The zero-order chi connectivity index (χ0) is 26.0. The quantitative estimate of drug-likeness (QED) is 0.232. The average molecular weight is 499 g/mol. The van der Waals surface area contributed by atoms with Gasteiger partial charge in [0.25, 0.3) is 0 Å². The SMILES string of the molecule is CCOC(=O)[C@H]1c2[nH]c3ccccc3c2[C@H](C/C=C/C=O)[C@@H](CO[Si](C)(C)C(C)(C)C)N1C(C)=O. The zero-order valence-corrected chi connectivity index (χ0v) is 22.9. The van der Waals surface area contributed by atoms with Gasteiger partial charge in [0.15, 0.2) is 14.4 Å². The zero-order valence-electron chi connectivity index (χ0n) is 21.9. The number of allylic oxidation sites excluding steroid dienone is 2. The number of esters is 1. The summed E-state index contributed by atoms with van der Waals surface area (Å²) in [6, 6.07) is 6.60. The highest BCUT2D eigenvalue weighted by molar-refractivity contribution is 6.74. The lowest BCUT2D eigenvalue weighted by Gasteiger charge is -2.46. The molecule has 1 amide bonds. The van der Waals surface area contributed by atoms with Gasteiger partial charge in [-0.05, 0) is 49.2 Å². The monoisotopic (exact) mass is 498 g/mol. The number of H-pyrrole nitrogens is 1. The van der Waals surface area contributed by atoms with Gasteiger partial charge < -0.3 is 19.0 Å². The van der Waals surface area contributed by atoms with Crippen molar-refractivity contribution in [1.82, 2.24) is 9.88 Å². The van der Waals surface area contributed by atoms with E-state index >= 15 is 0 Å². The molecule has 3 atom stereocenters. The number of carbonyl (C=O) groups excluding carboxylic acids is 3. The van der Waals surface area contributed by atoms with Crippen molar-refractivity contribution in [2.75, 3.05) is 13.2 Å². The molecule has 0 fully saturated rings. The Bertz CT molecular complexity index is 1110. The Kier molecular flexibility index (Phi) is 8.06. The average Bonchev–Trinajstić information content (AvgIpc) is 3.16. The number of aldehydes is 1. The van der Waals surface area contributed by atoms with Crippen molar-refractivity contribution < 1.29 is 23.5 Å². The second-order valence-corrected chi connectivity index (χ2v) is 15.4. The minimum Gasteiger partial charge on any atom is -0.464 e. The minimum absolute atomic E-state index is 0.0118. The smallest absolute Gasteiger partial charge is 0.335 e. The highest BCUT2D eigenvalue weighted by atomic mass is 28.4. The van der Waals surface area contributed by atoms with Gasteiger partial charge in [-0.25, -0.2) is 4.79 Å². The van der Waals surface area contributed by atoms with Crippen LogP contribution in [0.15, 0.2) is 36.4 Å². The predicted molar refractivity (Wildman–Crippen MR) is 140 cm³/mol. The number of nitrogens with zero attached hydrogens (tertiary/aromatic N) is 1. The summed E-state index contributed by atoms with van der Waals surface area (Å²) in [6.07, 6.45) is 4.59. The lowest BCUT2D eigenvalue weighted by atomic mass is 9.80. The number of amides is 1. The highest BCUT2D eigenvalue weighted by Gasteiger charge is 2.48. The highest BCUT2D eigenvalue weighted by Crippen LogP contribution is 2.47. The Labute approximate surface area is 209 Å². The molecule has 0 saturated heterocycles. The van der Waals surface area contributed by atoms with E-state index in [1.165, 1.54) is 13.0 Å². The molecule has 0 aliphatic carbocycles. The molecule has 0 unspecified atom stereocenters. The van der Waals surface area contributed by atoms with Crippen LogP contribution in [0.3, 0.4) is 0 Å². The minimum atomic E-state index is -2.15. The van der Waals surface area contributed by atoms with Gasteiger partial charge in [-0.3, -0.25) is 9.59 Å². The number of aromatic nitrogens is 1. The fraction of sp³-hybridized carbons (Fsp3) is 0.519. The number of ether oxygens (including phenoxy) is 1. The molecule has 1 aliphatic rings. The summed E-state index contributed by atoms with van der Waals surface area (Å²) in [4.78, 5) is 42.5. The molecule has 1 aromatic heterocycles. The maximum atomic E-state index is 13.3. The van der Waals surface area contributed by atoms with Crippen LogP contribution in [0.1, 0.15) is 64.3 Å².